The van der Waals surface area contributed by atoms with Crippen molar-refractivity contribution >= 4 is 17.3 Å². The van der Waals surface area contributed by atoms with Crippen LogP contribution in [0.25, 0.3) is 0 Å². The van der Waals surface area contributed by atoms with Gasteiger partial charge in [0.25, 0.3) is 0 Å². The number of carbonyl (C=O) groups is 1. The van der Waals surface area contributed by atoms with Gasteiger partial charge in [-0.25, -0.2) is 4.79 Å². The quantitative estimate of drug-likeness (QED) is 0.718. The molecule has 0 spiro atoms. The Hall–Kier alpha value is -1.16. The molecule has 64 valence electrons. The number of carboxylic acid groups (broad SMARTS) is 1. The highest BCUT2D eigenvalue weighted by Crippen LogP contribution is 2.16. The third-order valence-electron chi connectivity index (χ3n) is 1.23. The van der Waals surface area contributed by atoms with Crippen LogP contribution in [0.2, 0.25) is 0 Å². The van der Waals surface area contributed by atoms with Gasteiger partial charge in [-0.15, -0.1) is 0 Å². The highest BCUT2D eigenvalue weighted by atomic mass is 32.2. The summed E-state index contributed by atoms with van der Waals surface area (Å²) in [5.74, 6) is 0.549. The molecule has 3 nitrogen and oxygen atoms in total. The molecule has 0 aliphatic carbocycles. The first kappa shape index (κ1) is 8.93. The van der Waals surface area contributed by atoms with Crippen LogP contribution in [0.3, 0.4) is 0 Å². The average Bonchev–Trinajstić information content (AvgIpc) is 2.03. The van der Waals surface area contributed by atoms with Crippen molar-refractivity contribution in [2.45, 2.75) is 6.92 Å². The molecule has 0 amide bonds. The summed E-state index contributed by atoms with van der Waals surface area (Å²) in [4.78, 5) is 10.1. The lowest BCUT2D eigenvalue weighted by atomic mass is 10.2. The molecule has 0 aromatic heterocycles. The highest BCUT2D eigenvalue weighted by molar-refractivity contribution is 8.09. The molecule has 0 radical (unpaired) electrons. The Morgan fingerprint density at radius 1 is 1.42 bits per heavy atom. The van der Waals surface area contributed by atoms with Crippen molar-refractivity contribution in [3.8, 4) is 5.75 Å². The fourth-order valence-corrected chi connectivity index (χ4v) is 0.956. The molecule has 0 bridgehead atoms. The Morgan fingerprint density at radius 3 is 2.50 bits per heavy atom. The summed E-state index contributed by atoms with van der Waals surface area (Å²) in [6, 6.07) is 7.17. The Labute approximate surface area is 74.6 Å². The number of hydrogen-bond acceptors (Lipinski definition) is 3. The first-order valence-corrected chi connectivity index (χ1v) is 4.07. The van der Waals surface area contributed by atoms with Crippen molar-refractivity contribution in [2.75, 3.05) is 0 Å². The Morgan fingerprint density at radius 2 is 2.00 bits per heavy atom. The SMILES string of the molecule is Cc1ccc(OSC(=O)O)cc1. The molecule has 0 saturated carbocycles. The molecule has 0 fully saturated rings. The molecule has 1 rings (SSSR count). The largest absolute Gasteiger partial charge is 0.471 e. The minimum atomic E-state index is -1.05. The molecular formula is C8H8O3S. The highest BCUT2D eigenvalue weighted by Gasteiger charge is 1.99. The second-order valence-electron chi connectivity index (χ2n) is 2.25. The first-order chi connectivity index (χ1) is 5.68. The van der Waals surface area contributed by atoms with Gasteiger partial charge in [0.1, 0.15) is 5.75 Å². The fourth-order valence-electron chi connectivity index (χ4n) is 0.678. The lowest BCUT2D eigenvalue weighted by molar-refractivity contribution is 0.221. The summed E-state index contributed by atoms with van der Waals surface area (Å²) in [6.07, 6.45) is 0. The normalized spacial score (nSPS) is 9.42. The standard InChI is InChI=1S/C8H8O3S/c1-6-2-4-7(5-3-6)11-12-8(9)10/h2-5H,1H3,(H,9,10). The first-order valence-electron chi connectivity index (χ1n) is 3.32. The monoisotopic (exact) mass is 184 g/mol. The minimum absolute atomic E-state index is 0.407. The van der Waals surface area contributed by atoms with Crippen LogP contribution in [0.15, 0.2) is 24.3 Å². The number of rotatable bonds is 2. The van der Waals surface area contributed by atoms with E-state index in [9.17, 15) is 4.79 Å². The van der Waals surface area contributed by atoms with E-state index in [2.05, 4.69) is 0 Å². The molecule has 0 atom stereocenters. The van der Waals surface area contributed by atoms with Crippen molar-refractivity contribution in [1.29, 1.82) is 0 Å². The van der Waals surface area contributed by atoms with Gasteiger partial charge in [-0.3, -0.25) is 0 Å². The van der Waals surface area contributed by atoms with Crippen LogP contribution in [0.1, 0.15) is 5.56 Å². The van der Waals surface area contributed by atoms with Crippen molar-refractivity contribution in [3.05, 3.63) is 29.8 Å². The van der Waals surface area contributed by atoms with Crippen molar-refractivity contribution < 1.29 is 14.1 Å². The molecule has 0 aliphatic rings. The zero-order valence-corrected chi connectivity index (χ0v) is 7.30. The molecule has 1 N–H and O–H groups in total. The van der Waals surface area contributed by atoms with Gasteiger partial charge in [0.05, 0.1) is 0 Å². The summed E-state index contributed by atoms with van der Waals surface area (Å²) < 4.78 is 4.84. The average molecular weight is 184 g/mol. The Bertz CT molecular complexity index is 268. The second-order valence-corrected chi connectivity index (χ2v) is 2.93. The topological polar surface area (TPSA) is 46.5 Å². The summed E-state index contributed by atoms with van der Waals surface area (Å²) >= 11 is 0.407. The Kier molecular flexibility index (Phi) is 2.99. The smallest absolute Gasteiger partial charge is 0.404 e. The van der Waals surface area contributed by atoms with Gasteiger partial charge in [-0.05, 0) is 19.1 Å². The molecular weight excluding hydrogens is 176 g/mol. The van der Waals surface area contributed by atoms with Gasteiger partial charge >= 0.3 is 5.30 Å². The maximum Gasteiger partial charge on any atom is 0.404 e. The van der Waals surface area contributed by atoms with E-state index in [0.717, 1.165) is 5.56 Å². The second kappa shape index (κ2) is 4.01. The van der Waals surface area contributed by atoms with Crippen LogP contribution in [0.4, 0.5) is 4.79 Å². The van der Waals surface area contributed by atoms with E-state index >= 15 is 0 Å². The minimum Gasteiger partial charge on any atom is -0.471 e. The van der Waals surface area contributed by atoms with E-state index < -0.39 is 5.30 Å². The summed E-state index contributed by atoms with van der Waals surface area (Å²) in [5, 5.41) is 7.22. The zero-order valence-electron chi connectivity index (χ0n) is 6.48. The van der Waals surface area contributed by atoms with Crippen molar-refractivity contribution in [2.24, 2.45) is 0 Å². The molecule has 0 saturated heterocycles. The molecule has 12 heavy (non-hydrogen) atoms. The lowest BCUT2D eigenvalue weighted by Crippen LogP contribution is -1.88. The molecule has 0 heterocycles. The van der Waals surface area contributed by atoms with Gasteiger partial charge in [0.2, 0.25) is 0 Å². The maximum absolute atomic E-state index is 10.1. The van der Waals surface area contributed by atoms with Gasteiger partial charge in [-0.1, -0.05) is 17.7 Å². The van der Waals surface area contributed by atoms with Crippen molar-refractivity contribution in [1.82, 2.24) is 0 Å². The van der Waals surface area contributed by atoms with Crippen LogP contribution >= 0.6 is 12.0 Å². The Balaban J connectivity index is 2.53. The van der Waals surface area contributed by atoms with Crippen LogP contribution in [-0.4, -0.2) is 10.4 Å². The summed E-state index contributed by atoms with van der Waals surface area (Å²) in [6.45, 7) is 1.95. The molecule has 0 aliphatic heterocycles. The maximum atomic E-state index is 10.1. The molecule has 1 aromatic carbocycles. The van der Waals surface area contributed by atoms with E-state index in [1.807, 2.05) is 19.1 Å². The lowest BCUT2D eigenvalue weighted by Gasteiger charge is -1.99. The summed E-state index contributed by atoms with van der Waals surface area (Å²) in [7, 11) is 0. The predicted octanol–water partition coefficient (Wildman–Crippen LogP) is 2.70. The number of aryl methyl sites for hydroxylation is 1. The zero-order chi connectivity index (χ0) is 8.97. The third-order valence-corrected chi connectivity index (χ3v) is 1.65. The third kappa shape index (κ3) is 2.84. The number of benzene rings is 1. The van der Waals surface area contributed by atoms with Gasteiger partial charge < -0.3 is 9.29 Å². The molecule has 0 unspecified atom stereocenters. The van der Waals surface area contributed by atoms with Crippen LogP contribution in [-0.2, 0) is 0 Å². The van der Waals surface area contributed by atoms with Crippen LogP contribution < -0.4 is 4.18 Å². The van der Waals surface area contributed by atoms with E-state index in [1.165, 1.54) is 0 Å². The molecule has 1 aromatic rings. The van der Waals surface area contributed by atoms with Gasteiger partial charge in [0, 0.05) is 0 Å². The van der Waals surface area contributed by atoms with Crippen LogP contribution in [0.5, 0.6) is 5.75 Å². The predicted molar refractivity (Wildman–Crippen MR) is 47.4 cm³/mol. The summed E-state index contributed by atoms with van der Waals surface area (Å²) in [5.41, 5.74) is 1.11. The van der Waals surface area contributed by atoms with Gasteiger partial charge in [0.15, 0.2) is 12.0 Å². The van der Waals surface area contributed by atoms with Gasteiger partial charge in [-0.2, -0.15) is 0 Å². The molecule has 4 heteroatoms. The van der Waals surface area contributed by atoms with Crippen molar-refractivity contribution in [3.63, 3.8) is 0 Å². The van der Waals surface area contributed by atoms with E-state index in [0.29, 0.717) is 17.8 Å². The van der Waals surface area contributed by atoms with E-state index in [-0.39, 0.29) is 0 Å². The van der Waals surface area contributed by atoms with Crippen LogP contribution in [0, 0.1) is 6.92 Å². The van der Waals surface area contributed by atoms with E-state index in [4.69, 9.17) is 9.29 Å². The van der Waals surface area contributed by atoms with E-state index in [1.54, 1.807) is 12.1 Å². The number of hydrogen-bond donors (Lipinski definition) is 1. The fraction of sp³-hybridized carbons (Fsp3) is 0.125.